The van der Waals surface area contributed by atoms with E-state index in [1.165, 1.54) is 89.9 Å². The van der Waals surface area contributed by atoms with Crippen molar-refractivity contribution in [3.05, 3.63) is 36.5 Å². The fourth-order valence-electron chi connectivity index (χ4n) is 6.21. The number of carboxylic acids is 1. The average molecular weight is 828 g/mol. The number of phosphoric acid groups is 1. The van der Waals surface area contributed by atoms with E-state index in [0.29, 0.717) is 12.8 Å². The van der Waals surface area contributed by atoms with Crippen molar-refractivity contribution in [3.63, 3.8) is 0 Å². The number of hydrogen-bond donors (Lipinski definition) is 4. The van der Waals surface area contributed by atoms with Gasteiger partial charge in [0.05, 0.1) is 13.2 Å². The summed E-state index contributed by atoms with van der Waals surface area (Å²) in [6.07, 6.45) is 43.1. The summed E-state index contributed by atoms with van der Waals surface area (Å²) >= 11 is 0. The molecular formula is C45H82NO10P. The number of amides is 1. The number of carbonyl (C=O) groups excluding carboxylic acids is 2. The summed E-state index contributed by atoms with van der Waals surface area (Å²) in [5, 5.41) is 21.8. The summed E-state index contributed by atoms with van der Waals surface area (Å²) in [5.74, 6) is -2.38. The van der Waals surface area contributed by atoms with Crippen LogP contribution in [-0.4, -0.2) is 64.9 Å². The lowest BCUT2D eigenvalue weighted by atomic mass is 10.0. The molecule has 3 atom stereocenters. The van der Waals surface area contributed by atoms with Crippen LogP contribution in [0, 0.1) is 0 Å². The van der Waals surface area contributed by atoms with Crippen LogP contribution in [0.1, 0.15) is 200 Å². The van der Waals surface area contributed by atoms with E-state index in [1.807, 2.05) is 0 Å². The second-order valence-electron chi connectivity index (χ2n) is 15.2. The zero-order chi connectivity index (χ0) is 42.1. The predicted octanol–water partition coefficient (Wildman–Crippen LogP) is 11.6. The molecule has 12 heteroatoms. The Labute approximate surface area is 346 Å². The third kappa shape index (κ3) is 40.3. The van der Waals surface area contributed by atoms with Gasteiger partial charge in [0.25, 0.3) is 0 Å². The maximum absolute atomic E-state index is 12.3. The lowest BCUT2D eigenvalue weighted by Crippen LogP contribution is -2.43. The van der Waals surface area contributed by atoms with Crippen molar-refractivity contribution in [1.29, 1.82) is 0 Å². The highest BCUT2D eigenvalue weighted by atomic mass is 31.2. The second-order valence-corrected chi connectivity index (χ2v) is 16.7. The first-order valence-corrected chi connectivity index (χ1v) is 24.0. The van der Waals surface area contributed by atoms with Gasteiger partial charge in [0.15, 0.2) is 6.04 Å². The highest BCUT2D eigenvalue weighted by Gasteiger charge is 2.28. The molecule has 0 aromatic carbocycles. The smallest absolute Gasteiger partial charge is 0.472 e. The minimum Gasteiger partial charge on any atom is -0.480 e. The van der Waals surface area contributed by atoms with Gasteiger partial charge in [-0.05, 0) is 44.9 Å². The van der Waals surface area contributed by atoms with Crippen LogP contribution in [0.2, 0.25) is 0 Å². The lowest BCUT2D eigenvalue weighted by molar-refractivity contribution is -0.147. The van der Waals surface area contributed by atoms with Gasteiger partial charge in [-0.25, -0.2) is 9.36 Å². The van der Waals surface area contributed by atoms with Gasteiger partial charge in [-0.3, -0.25) is 18.6 Å². The van der Waals surface area contributed by atoms with Crippen LogP contribution in [0.5, 0.6) is 0 Å². The molecule has 0 rings (SSSR count). The number of carbonyl (C=O) groups is 3. The number of rotatable bonds is 42. The normalized spacial score (nSPS) is 14.0. The molecule has 0 aromatic rings. The Morgan fingerprint density at radius 1 is 0.579 bits per heavy atom. The Morgan fingerprint density at radius 3 is 1.53 bits per heavy atom. The molecule has 332 valence electrons. The van der Waals surface area contributed by atoms with Gasteiger partial charge in [-0.1, -0.05) is 179 Å². The van der Waals surface area contributed by atoms with Crippen molar-refractivity contribution in [3.8, 4) is 0 Å². The van der Waals surface area contributed by atoms with Crippen LogP contribution in [0.3, 0.4) is 0 Å². The molecule has 0 aromatic heterocycles. The topological polar surface area (TPSA) is 169 Å². The van der Waals surface area contributed by atoms with Crippen LogP contribution in [0.4, 0.5) is 0 Å². The van der Waals surface area contributed by atoms with Crippen LogP contribution >= 0.6 is 7.82 Å². The summed E-state index contributed by atoms with van der Waals surface area (Å²) in [6.45, 7) is 2.48. The molecule has 0 aliphatic rings. The van der Waals surface area contributed by atoms with Crippen molar-refractivity contribution in [2.24, 2.45) is 0 Å². The third-order valence-corrected chi connectivity index (χ3v) is 10.6. The molecule has 1 amide bonds. The Hall–Kier alpha value is -2.30. The molecule has 0 saturated carbocycles. The highest BCUT2D eigenvalue weighted by Crippen LogP contribution is 2.43. The minimum absolute atomic E-state index is 0.148. The number of carboxylic acid groups (broad SMARTS) is 1. The van der Waals surface area contributed by atoms with Crippen molar-refractivity contribution in [2.45, 2.75) is 212 Å². The van der Waals surface area contributed by atoms with Gasteiger partial charge >= 0.3 is 19.8 Å². The molecule has 11 nitrogen and oxygen atoms in total. The monoisotopic (exact) mass is 828 g/mol. The van der Waals surface area contributed by atoms with E-state index in [1.54, 1.807) is 0 Å². The van der Waals surface area contributed by atoms with E-state index in [0.717, 1.165) is 70.6 Å². The summed E-state index contributed by atoms with van der Waals surface area (Å²) in [6, 6.07) is -1.55. The zero-order valence-electron chi connectivity index (χ0n) is 35.9. The summed E-state index contributed by atoms with van der Waals surface area (Å²) in [7, 11) is -4.76. The number of nitrogens with one attached hydrogen (secondary N) is 1. The second kappa shape index (κ2) is 40.5. The first-order chi connectivity index (χ1) is 27.6. The maximum Gasteiger partial charge on any atom is 0.472 e. The molecule has 0 fully saturated rings. The van der Waals surface area contributed by atoms with Crippen LogP contribution in [0.25, 0.3) is 0 Å². The SMILES string of the molecule is CC/C=C\C/C=C\C/C=C\CCCCCCCC(=O)OCC(O)COP(=O)(O)OCC(NC(=O)CCCCCCCCCCCCCCCCCCCC)C(=O)O. The average Bonchev–Trinajstić information content (AvgIpc) is 3.18. The van der Waals surface area contributed by atoms with E-state index in [-0.39, 0.29) is 12.8 Å². The third-order valence-electron chi connectivity index (χ3n) is 9.69. The number of esters is 1. The summed E-state index contributed by atoms with van der Waals surface area (Å²) in [5.41, 5.74) is 0. The molecule has 0 aliphatic heterocycles. The van der Waals surface area contributed by atoms with Crippen molar-refractivity contribution >= 4 is 25.7 Å². The first kappa shape index (κ1) is 54.7. The Morgan fingerprint density at radius 2 is 1.02 bits per heavy atom. The maximum atomic E-state index is 12.3. The molecule has 0 radical (unpaired) electrons. The van der Waals surface area contributed by atoms with E-state index in [4.69, 9.17) is 13.8 Å². The van der Waals surface area contributed by atoms with Gasteiger partial charge in [-0.2, -0.15) is 0 Å². The van der Waals surface area contributed by atoms with Crippen molar-refractivity contribution < 1.29 is 47.8 Å². The number of hydrogen-bond acceptors (Lipinski definition) is 8. The number of aliphatic carboxylic acids is 1. The molecule has 3 unspecified atom stereocenters. The standard InChI is InChI=1S/C45H82NO10P/c1-3-5-7-9-11-13-15-17-19-20-21-23-24-26-28-30-32-34-36-43(48)46-42(45(50)51)40-56-57(52,53)55-39-41(47)38-54-44(49)37-35-33-31-29-27-25-22-18-16-14-12-10-8-6-4-2/h6,8,12,14,18,22,41-42,47H,3-5,7,9-11,13,15-17,19-21,23-40H2,1-2H3,(H,46,48)(H,50,51)(H,52,53)/b8-6-,14-12-,22-18-. The van der Waals surface area contributed by atoms with Crippen LogP contribution in [-0.2, 0) is 32.7 Å². The van der Waals surface area contributed by atoms with Crippen molar-refractivity contribution in [2.75, 3.05) is 19.8 Å². The first-order valence-electron chi connectivity index (χ1n) is 22.5. The number of unbranched alkanes of at least 4 members (excludes halogenated alkanes) is 22. The van der Waals surface area contributed by atoms with Gasteiger partial charge in [-0.15, -0.1) is 0 Å². The Balaban J connectivity index is 3.89. The molecular weight excluding hydrogens is 745 g/mol. The number of allylic oxidation sites excluding steroid dienone is 6. The van der Waals surface area contributed by atoms with Gasteiger partial charge < -0.3 is 25.2 Å². The van der Waals surface area contributed by atoms with E-state index >= 15 is 0 Å². The molecule has 57 heavy (non-hydrogen) atoms. The molecule has 4 N–H and O–H groups in total. The molecule has 0 saturated heterocycles. The predicted molar refractivity (Wildman–Crippen MR) is 231 cm³/mol. The quantitative estimate of drug-likeness (QED) is 0.0201. The minimum atomic E-state index is -4.76. The van der Waals surface area contributed by atoms with E-state index in [9.17, 15) is 34.1 Å². The fourth-order valence-corrected chi connectivity index (χ4v) is 6.98. The van der Waals surface area contributed by atoms with Crippen LogP contribution in [0.15, 0.2) is 36.5 Å². The number of aliphatic hydroxyl groups excluding tert-OH is 1. The largest absolute Gasteiger partial charge is 0.480 e. The number of ether oxygens (including phenoxy) is 1. The van der Waals surface area contributed by atoms with Gasteiger partial charge in [0, 0.05) is 12.8 Å². The fraction of sp³-hybridized carbons (Fsp3) is 0.800. The molecule has 0 bridgehead atoms. The number of phosphoric ester groups is 1. The molecule has 0 aliphatic carbocycles. The molecule has 0 heterocycles. The van der Waals surface area contributed by atoms with Gasteiger partial charge in [0.2, 0.25) is 5.91 Å². The summed E-state index contributed by atoms with van der Waals surface area (Å²) < 4.78 is 26.8. The van der Waals surface area contributed by atoms with Gasteiger partial charge in [0.1, 0.15) is 12.7 Å². The summed E-state index contributed by atoms with van der Waals surface area (Å²) in [4.78, 5) is 45.9. The van der Waals surface area contributed by atoms with E-state index in [2.05, 4.69) is 55.6 Å². The number of aliphatic hydroxyl groups is 1. The Kier molecular flexibility index (Phi) is 38.8. The zero-order valence-corrected chi connectivity index (χ0v) is 36.8. The van der Waals surface area contributed by atoms with Crippen LogP contribution < -0.4 is 5.32 Å². The highest BCUT2D eigenvalue weighted by molar-refractivity contribution is 7.47. The Bertz CT molecular complexity index is 1110. The van der Waals surface area contributed by atoms with E-state index < -0.39 is 57.6 Å². The van der Waals surface area contributed by atoms with Crippen molar-refractivity contribution in [1.82, 2.24) is 5.32 Å². The molecule has 0 spiro atoms. The lowest BCUT2D eigenvalue weighted by Gasteiger charge is -2.18.